The lowest BCUT2D eigenvalue weighted by molar-refractivity contribution is 0.0939. The summed E-state index contributed by atoms with van der Waals surface area (Å²) in [6.45, 7) is 3.98. The largest absolute Gasteiger partial charge is 0.350 e. The third kappa shape index (κ3) is 3.21. The van der Waals surface area contributed by atoms with Crippen LogP contribution >= 0.6 is 27.5 Å². The van der Waals surface area contributed by atoms with Crippen LogP contribution in [0.25, 0.3) is 0 Å². The summed E-state index contributed by atoms with van der Waals surface area (Å²) in [6.07, 6.45) is 0.900. The zero-order valence-electron chi connectivity index (χ0n) is 8.68. The minimum atomic E-state index is -0.129. The molecule has 82 valence electrons. The van der Waals surface area contributed by atoms with Gasteiger partial charge in [0.1, 0.15) is 0 Å². The van der Waals surface area contributed by atoms with Crippen molar-refractivity contribution in [2.45, 2.75) is 26.3 Å². The van der Waals surface area contributed by atoms with E-state index in [2.05, 4.69) is 21.2 Å². The smallest absolute Gasteiger partial charge is 0.253 e. The summed E-state index contributed by atoms with van der Waals surface area (Å²) < 4.78 is 0.737. The molecule has 15 heavy (non-hydrogen) atoms. The molecule has 0 radical (unpaired) electrons. The third-order valence-electron chi connectivity index (χ3n) is 2.19. The molecule has 0 aliphatic heterocycles. The molecule has 0 aliphatic carbocycles. The molecule has 1 aromatic carbocycles. The van der Waals surface area contributed by atoms with Gasteiger partial charge in [0.15, 0.2) is 0 Å². The summed E-state index contributed by atoms with van der Waals surface area (Å²) in [4.78, 5) is 11.8. The van der Waals surface area contributed by atoms with Gasteiger partial charge in [-0.1, -0.05) is 24.6 Å². The Bertz CT molecular complexity index is 368. The van der Waals surface area contributed by atoms with Gasteiger partial charge in [-0.05, 0) is 41.4 Å². The lowest BCUT2D eigenvalue weighted by Crippen LogP contribution is -2.32. The fraction of sp³-hybridized carbons (Fsp3) is 0.364. The number of hydrogen-bond donors (Lipinski definition) is 1. The highest BCUT2D eigenvalue weighted by Crippen LogP contribution is 2.25. The Morgan fingerprint density at radius 2 is 2.27 bits per heavy atom. The summed E-state index contributed by atoms with van der Waals surface area (Å²) in [5.74, 6) is -0.129. The lowest BCUT2D eigenvalue weighted by atomic mass is 10.2. The molecule has 4 heteroatoms. The predicted molar refractivity (Wildman–Crippen MR) is 66.4 cm³/mol. The van der Waals surface area contributed by atoms with Crippen molar-refractivity contribution in [1.29, 1.82) is 0 Å². The molecule has 0 aliphatic rings. The van der Waals surface area contributed by atoms with E-state index in [4.69, 9.17) is 11.6 Å². The van der Waals surface area contributed by atoms with Gasteiger partial charge >= 0.3 is 0 Å². The first-order valence-corrected chi connectivity index (χ1v) is 5.98. The second-order valence-corrected chi connectivity index (χ2v) is 4.62. The maximum atomic E-state index is 11.8. The molecule has 1 atom stereocenters. The average Bonchev–Trinajstić information content (AvgIpc) is 2.21. The third-order valence-corrected chi connectivity index (χ3v) is 3.48. The highest BCUT2D eigenvalue weighted by atomic mass is 79.9. The monoisotopic (exact) mass is 289 g/mol. The normalized spacial score (nSPS) is 12.3. The van der Waals surface area contributed by atoms with E-state index in [1.54, 1.807) is 12.1 Å². The van der Waals surface area contributed by atoms with Crippen molar-refractivity contribution in [2.24, 2.45) is 0 Å². The standard InChI is InChI=1S/C11H13BrClNO/c1-3-7(2)14-11(15)8-5-4-6-9(12)10(8)13/h4-7H,3H2,1-2H3,(H,14,15). The van der Waals surface area contributed by atoms with Crippen LogP contribution < -0.4 is 5.32 Å². The fourth-order valence-corrected chi connectivity index (χ4v) is 1.66. The Hall–Kier alpha value is -0.540. The number of rotatable bonds is 3. The molecule has 1 aromatic rings. The topological polar surface area (TPSA) is 29.1 Å². The average molecular weight is 291 g/mol. The van der Waals surface area contributed by atoms with E-state index in [0.29, 0.717) is 10.6 Å². The number of halogens is 2. The van der Waals surface area contributed by atoms with E-state index in [1.807, 2.05) is 19.9 Å². The minimum absolute atomic E-state index is 0.129. The van der Waals surface area contributed by atoms with Crippen LogP contribution in [0, 0.1) is 0 Å². The molecule has 1 unspecified atom stereocenters. The van der Waals surface area contributed by atoms with E-state index in [9.17, 15) is 4.79 Å². The van der Waals surface area contributed by atoms with Crippen LogP contribution in [0.2, 0.25) is 5.02 Å². The Morgan fingerprint density at radius 1 is 1.60 bits per heavy atom. The van der Waals surface area contributed by atoms with Crippen LogP contribution in [0.15, 0.2) is 22.7 Å². The molecule has 0 spiro atoms. The van der Waals surface area contributed by atoms with Crippen molar-refractivity contribution in [1.82, 2.24) is 5.32 Å². The SMILES string of the molecule is CCC(C)NC(=O)c1cccc(Br)c1Cl. The molecule has 1 rings (SSSR count). The number of hydrogen-bond acceptors (Lipinski definition) is 1. The van der Waals surface area contributed by atoms with Gasteiger partial charge < -0.3 is 5.32 Å². The van der Waals surface area contributed by atoms with E-state index in [0.717, 1.165) is 10.9 Å². The van der Waals surface area contributed by atoms with E-state index >= 15 is 0 Å². The first kappa shape index (κ1) is 12.5. The number of amides is 1. The van der Waals surface area contributed by atoms with Crippen molar-refractivity contribution in [3.8, 4) is 0 Å². The molecule has 0 aromatic heterocycles. The summed E-state index contributed by atoms with van der Waals surface area (Å²) in [5, 5.41) is 3.33. The van der Waals surface area contributed by atoms with E-state index < -0.39 is 0 Å². The molecular weight excluding hydrogens is 277 g/mol. The maximum absolute atomic E-state index is 11.8. The summed E-state index contributed by atoms with van der Waals surface area (Å²) in [6, 6.07) is 5.47. The van der Waals surface area contributed by atoms with Crippen LogP contribution in [0.4, 0.5) is 0 Å². The van der Waals surface area contributed by atoms with Crippen molar-refractivity contribution < 1.29 is 4.79 Å². The summed E-state index contributed by atoms with van der Waals surface area (Å²) >= 11 is 9.29. The quantitative estimate of drug-likeness (QED) is 0.905. The highest BCUT2D eigenvalue weighted by molar-refractivity contribution is 9.10. The van der Waals surface area contributed by atoms with Gasteiger partial charge in [0.05, 0.1) is 10.6 Å². The molecule has 1 N–H and O–H groups in total. The van der Waals surface area contributed by atoms with Crippen molar-refractivity contribution in [3.63, 3.8) is 0 Å². The summed E-state index contributed by atoms with van der Waals surface area (Å²) in [5.41, 5.74) is 0.506. The molecule has 2 nitrogen and oxygen atoms in total. The van der Waals surface area contributed by atoms with Crippen molar-refractivity contribution in [3.05, 3.63) is 33.3 Å². The molecule has 0 fully saturated rings. The summed E-state index contributed by atoms with van der Waals surface area (Å²) in [7, 11) is 0. The molecule has 0 bridgehead atoms. The fourth-order valence-electron chi connectivity index (χ4n) is 1.08. The number of carbonyl (C=O) groups is 1. The van der Waals surface area contributed by atoms with E-state index in [1.165, 1.54) is 0 Å². The number of carbonyl (C=O) groups excluding carboxylic acids is 1. The first-order chi connectivity index (χ1) is 7.06. The molecule has 1 amide bonds. The Morgan fingerprint density at radius 3 is 2.87 bits per heavy atom. The van der Waals surface area contributed by atoms with Gasteiger partial charge in [-0.25, -0.2) is 0 Å². The zero-order chi connectivity index (χ0) is 11.4. The Kier molecular flexibility index (Phi) is 4.61. The van der Waals surface area contributed by atoms with Gasteiger partial charge in [0, 0.05) is 10.5 Å². The van der Waals surface area contributed by atoms with Gasteiger partial charge in [0.25, 0.3) is 5.91 Å². The van der Waals surface area contributed by atoms with Crippen molar-refractivity contribution in [2.75, 3.05) is 0 Å². The molecule has 0 saturated carbocycles. The molecule has 0 heterocycles. The van der Waals surface area contributed by atoms with Crippen LogP contribution in [0.3, 0.4) is 0 Å². The Balaban J connectivity index is 2.87. The van der Waals surface area contributed by atoms with Gasteiger partial charge in [-0.3, -0.25) is 4.79 Å². The minimum Gasteiger partial charge on any atom is -0.350 e. The van der Waals surface area contributed by atoms with Gasteiger partial charge in [-0.15, -0.1) is 0 Å². The van der Waals surface area contributed by atoms with Gasteiger partial charge in [0.2, 0.25) is 0 Å². The van der Waals surface area contributed by atoms with Crippen LogP contribution in [0.1, 0.15) is 30.6 Å². The predicted octanol–water partition coefficient (Wildman–Crippen LogP) is 3.63. The van der Waals surface area contributed by atoms with Crippen LogP contribution in [0.5, 0.6) is 0 Å². The maximum Gasteiger partial charge on any atom is 0.253 e. The van der Waals surface area contributed by atoms with Crippen LogP contribution in [-0.2, 0) is 0 Å². The zero-order valence-corrected chi connectivity index (χ0v) is 11.0. The molecular formula is C11H13BrClNO. The Labute approximate surface area is 103 Å². The number of benzene rings is 1. The number of nitrogens with one attached hydrogen (secondary N) is 1. The second-order valence-electron chi connectivity index (χ2n) is 3.38. The first-order valence-electron chi connectivity index (χ1n) is 4.81. The van der Waals surface area contributed by atoms with Crippen molar-refractivity contribution >= 4 is 33.4 Å². The second kappa shape index (κ2) is 5.52. The van der Waals surface area contributed by atoms with Gasteiger partial charge in [-0.2, -0.15) is 0 Å². The van der Waals surface area contributed by atoms with Crippen LogP contribution in [-0.4, -0.2) is 11.9 Å². The highest BCUT2D eigenvalue weighted by Gasteiger charge is 2.13. The lowest BCUT2D eigenvalue weighted by Gasteiger charge is -2.12. The molecule has 0 saturated heterocycles. The van der Waals surface area contributed by atoms with E-state index in [-0.39, 0.29) is 11.9 Å².